The molecule has 1 saturated heterocycles. The fourth-order valence-electron chi connectivity index (χ4n) is 3.29. The van der Waals surface area contributed by atoms with Crippen molar-refractivity contribution >= 4 is 10.0 Å². The molecule has 0 radical (unpaired) electrons. The van der Waals surface area contributed by atoms with Crippen molar-refractivity contribution in [2.24, 2.45) is 5.92 Å². The Balaban J connectivity index is 2.64. The van der Waals surface area contributed by atoms with Crippen LogP contribution in [0.25, 0.3) is 0 Å². The van der Waals surface area contributed by atoms with Crippen LogP contribution in [0.1, 0.15) is 58.8 Å². The van der Waals surface area contributed by atoms with Crippen molar-refractivity contribution in [1.82, 2.24) is 4.31 Å². The van der Waals surface area contributed by atoms with Gasteiger partial charge in [-0.15, -0.1) is 0 Å². The minimum atomic E-state index is -3.09. The van der Waals surface area contributed by atoms with Gasteiger partial charge in [-0.25, -0.2) is 12.7 Å². The maximum atomic E-state index is 11.6. The standard InChI is InChI=1S/C14H29NO3S/c1-4-8-14(16,9-5-2)11-13-7-6-10-15(12-13)19(3,17)18/h13,16H,4-12H2,1-3H3. The lowest BCUT2D eigenvalue weighted by Crippen LogP contribution is -2.42. The predicted octanol–water partition coefficient (Wildman–Crippen LogP) is 2.38. The zero-order valence-electron chi connectivity index (χ0n) is 12.6. The molecule has 0 aliphatic carbocycles. The molecule has 0 spiro atoms. The largest absolute Gasteiger partial charge is 0.390 e. The van der Waals surface area contributed by atoms with Crippen LogP contribution in [0, 0.1) is 5.92 Å². The summed E-state index contributed by atoms with van der Waals surface area (Å²) in [6, 6.07) is 0. The summed E-state index contributed by atoms with van der Waals surface area (Å²) in [6.07, 6.45) is 7.53. The van der Waals surface area contributed by atoms with E-state index in [1.165, 1.54) is 6.26 Å². The summed E-state index contributed by atoms with van der Waals surface area (Å²) < 4.78 is 24.8. The van der Waals surface area contributed by atoms with E-state index < -0.39 is 15.6 Å². The van der Waals surface area contributed by atoms with Crippen LogP contribution < -0.4 is 0 Å². The van der Waals surface area contributed by atoms with Crippen molar-refractivity contribution in [3.63, 3.8) is 0 Å². The number of sulfonamides is 1. The molecule has 5 heteroatoms. The molecule has 0 aromatic heterocycles. The van der Waals surface area contributed by atoms with Crippen molar-refractivity contribution in [1.29, 1.82) is 0 Å². The van der Waals surface area contributed by atoms with Crippen molar-refractivity contribution in [3.05, 3.63) is 0 Å². The van der Waals surface area contributed by atoms with E-state index in [1.807, 2.05) is 0 Å². The molecule has 0 aromatic rings. The summed E-state index contributed by atoms with van der Waals surface area (Å²) in [5.41, 5.74) is -0.602. The van der Waals surface area contributed by atoms with Crippen LogP contribution in [-0.4, -0.2) is 42.8 Å². The molecule has 0 saturated carbocycles. The number of piperidine rings is 1. The maximum Gasteiger partial charge on any atom is 0.211 e. The highest BCUT2D eigenvalue weighted by molar-refractivity contribution is 7.88. The van der Waals surface area contributed by atoms with E-state index in [2.05, 4.69) is 13.8 Å². The molecule has 0 bridgehead atoms. The average Bonchev–Trinajstić information content (AvgIpc) is 2.28. The molecule has 1 rings (SSSR count). The summed E-state index contributed by atoms with van der Waals surface area (Å²) in [4.78, 5) is 0. The Bertz CT molecular complexity index is 361. The Hall–Kier alpha value is -0.130. The molecule has 0 amide bonds. The smallest absolute Gasteiger partial charge is 0.211 e. The summed E-state index contributed by atoms with van der Waals surface area (Å²) in [7, 11) is -3.09. The molecular weight excluding hydrogens is 262 g/mol. The molecule has 4 nitrogen and oxygen atoms in total. The van der Waals surface area contributed by atoms with Crippen molar-refractivity contribution in [2.75, 3.05) is 19.3 Å². The second-order valence-corrected chi connectivity index (χ2v) is 8.04. The number of rotatable bonds is 7. The van der Waals surface area contributed by atoms with E-state index in [0.717, 1.165) is 44.9 Å². The van der Waals surface area contributed by atoms with Gasteiger partial charge < -0.3 is 5.11 Å². The molecule has 1 aliphatic rings. The summed E-state index contributed by atoms with van der Waals surface area (Å²) in [5, 5.41) is 10.7. The quantitative estimate of drug-likeness (QED) is 0.783. The van der Waals surface area contributed by atoms with E-state index in [1.54, 1.807) is 4.31 Å². The summed E-state index contributed by atoms with van der Waals surface area (Å²) in [5.74, 6) is 0.298. The predicted molar refractivity (Wildman–Crippen MR) is 78.5 cm³/mol. The Morgan fingerprint density at radius 1 is 1.26 bits per heavy atom. The molecule has 1 fully saturated rings. The normalized spacial score (nSPS) is 22.6. The Labute approximate surface area is 118 Å². The van der Waals surface area contributed by atoms with Gasteiger partial charge in [-0.1, -0.05) is 26.7 Å². The zero-order valence-corrected chi connectivity index (χ0v) is 13.4. The Morgan fingerprint density at radius 2 is 1.84 bits per heavy atom. The minimum Gasteiger partial charge on any atom is -0.390 e. The fourth-order valence-corrected chi connectivity index (χ4v) is 4.23. The summed E-state index contributed by atoms with van der Waals surface area (Å²) in [6.45, 7) is 5.39. The molecule has 19 heavy (non-hydrogen) atoms. The third-order valence-corrected chi connectivity index (χ3v) is 5.32. The molecule has 1 aliphatic heterocycles. The topological polar surface area (TPSA) is 57.6 Å². The first-order valence-corrected chi connectivity index (χ1v) is 9.33. The number of hydrogen-bond acceptors (Lipinski definition) is 3. The lowest BCUT2D eigenvalue weighted by Gasteiger charge is -2.36. The van der Waals surface area contributed by atoms with E-state index in [-0.39, 0.29) is 0 Å². The van der Waals surface area contributed by atoms with Crippen LogP contribution in [0.2, 0.25) is 0 Å². The lowest BCUT2D eigenvalue weighted by atomic mass is 9.81. The van der Waals surface area contributed by atoms with Crippen LogP contribution in [0.5, 0.6) is 0 Å². The van der Waals surface area contributed by atoms with Gasteiger partial charge in [-0.3, -0.25) is 0 Å². The SMILES string of the molecule is CCCC(O)(CCC)CC1CCCN(S(C)(=O)=O)C1. The van der Waals surface area contributed by atoms with Crippen LogP contribution in [0.3, 0.4) is 0 Å². The average molecular weight is 291 g/mol. The highest BCUT2D eigenvalue weighted by Crippen LogP contribution is 2.32. The maximum absolute atomic E-state index is 11.6. The highest BCUT2D eigenvalue weighted by atomic mass is 32.2. The monoisotopic (exact) mass is 291 g/mol. The molecule has 1 heterocycles. The number of nitrogens with zero attached hydrogens (tertiary/aromatic N) is 1. The van der Waals surface area contributed by atoms with Crippen molar-refractivity contribution in [3.8, 4) is 0 Å². The van der Waals surface area contributed by atoms with E-state index in [9.17, 15) is 13.5 Å². The van der Waals surface area contributed by atoms with E-state index in [0.29, 0.717) is 19.0 Å². The van der Waals surface area contributed by atoms with Crippen LogP contribution in [0.15, 0.2) is 0 Å². The lowest BCUT2D eigenvalue weighted by molar-refractivity contribution is -0.00863. The number of hydrogen-bond donors (Lipinski definition) is 1. The highest BCUT2D eigenvalue weighted by Gasteiger charge is 2.33. The molecule has 1 N–H and O–H groups in total. The second kappa shape index (κ2) is 7.04. The fraction of sp³-hybridized carbons (Fsp3) is 1.00. The summed E-state index contributed by atoms with van der Waals surface area (Å²) >= 11 is 0. The van der Waals surface area contributed by atoms with Gasteiger partial charge >= 0.3 is 0 Å². The number of aliphatic hydroxyl groups is 1. The van der Waals surface area contributed by atoms with Gasteiger partial charge in [0, 0.05) is 13.1 Å². The van der Waals surface area contributed by atoms with Gasteiger partial charge in [0.05, 0.1) is 11.9 Å². The second-order valence-electron chi connectivity index (χ2n) is 6.06. The molecular formula is C14H29NO3S. The van der Waals surface area contributed by atoms with Gasteiger partial charge in [0.15, 0.2) is 0 Å². The van der Waals surface area contributed by atoms with Gasteiger partial charge in [-0.05, 0) is 38.0 Å². The zero-order chi connectivity index (χ0) is 14.5. The first kappa shape index (κ1) is 16.9. The van der Waals surface area contributed by atoms with Gasteiger partial charge in [0.25, 0.3) is 0 Å². The minimum absolute atomic E-state index is 0.298. The van der Waals surface area contributed by atoms with Crippen LogP contribution >= 0.6 is 0 Å². The van der Waals surface area contributed by atoms with Crippen LogP contribution in [-0.2, 0) is 10.0 Å². The first-order valence-electron chi connectivity index (χ1n) is 7.48. The van der Waals surface area contributed by atoms with E-state index >= 15 is 0 Å². The van der Waals surface area contributed by atoms with Gasteiger partial charge in [0.1, 0.15) is 0 Å². The third-order valence-electron chi connectivity index (χ3n) is 4.05. The molecule has 1 unspecified atom stereocenters. The molecule has 114 valence electrons. The molecule has 0 aromatic carbocycles. The Morgan fingerprint density at radius 3 is 2.32 bits per heavy atom. The van der Waals surface area contributed by atoms with Crippen molar-refractivity contribution < 1.29 is 13.5 Å². The van der Waals surface area contributed by atoms with Crippen LogP contribution in [0.4, 0.5) is 0 Å². The third kappa shape index (κ3) is 5.40. The van der Waals surface area contributed by atoms with E-state index in [4.69, 9.17) is 0 Å². The molecule has 1 atom stereocenters. The Kier molecular flexibility index (Phi) is 6.27. The van der Waals surface area contributed by atoms with Crippen molar-refractivity contribution in [2.45, 2.75) is 64.4 Å². The van der Waals surface area contributed by atoms with Gasteiger partial charge in [0.2, 0.25) is 10.0 Å². The first-order chi connectivity index (χ1) is 8.80. The van der Waals surface area contributed by atoms with Gasteiger partial charge in [-0.2, -0.15) is 0 Å².